The first kappa shape index (κ1) is 14.2. The number of hydrogen-bond acceptors (Lipinski definition) is 5. The van der Waals surface area contributed by atoms with Gasteiger partial charge in [-0.2, -0.15) is 0 Å². The van der Waals surface area contributed by atoms with Crippen LogP contribution in [0.1, 0.15) is 35.6 Å². The molecule has 3 rings (SSSR count). The van der Waals surface area contributed by atoms with E-state index in [1.165, 1.54) is 11.3 Å². The topological polar surface area (TPSA) is 79.4 Å². The summed E-state index contributed by atoms with van der Waals surface area (Å²) in [5.74, 6) is -1.44. The lowest BCUT2D eigenvalue weighted by molar-refractivity contribution is -0.145. The van der Waals surface area contributed by atoms with Crippen molar-refractivity contribution in [3.63, 3.8) is 0 Å². The Morgan fingerprint density at radius 3 is 2.67 bits per heavy atom. The minimum atomic E-state index is -0.709. The standard InChI is InChI=1S/C14H17N3O3S/c1-8-15-6-10(21-8)7-17-13(19)11(9-4-2-3-5-9)12(18)16-14(17)20/h6,9,11H,2-5,7H2,1H3,(H,16,18,20). The molecular formula is C14H17N3O3S. The monoisotopic (exact) mass is 307 g/mol. The highest BCUT2D eigenvalue weighted by molar-refractivity contribution is 7.11. The predicted octanol–water partition coefficient (Wildman–Crippen LogP) is 1.84. The van der Waals surface area contributed by atoms with Gasteiger partial charge >= 0.3 is 6.03 Å². The lowest BCUT2D eigenvalue weighted by Gasteiger charge is -2.32. The smallest absolute Gasteiger partial charge is 0.277 e. The van der Waals surface area contributed by atoms with Gasteiger partial charge in [0.15, 0.2) is 0 Å². The number of carbonyl (C=O) groups is 3. The molecule has 1 atom stereocenters. The van der Waals surface area contributed by atoms with E-state index in [0.717, 1.165) is 40.5 Å². The number of imide groups is 2. The number of carbonyl (C=O) groups excluding carboxylic acids is 3. The van der Waals surface area contributed by atoms with E-state index in [0.29, 0.717) is 0 Å². The van der Waals surface area contributed by atoms with Gasteiger partial charge in [-0.05, 0) is 25.7 Å². The van der Waals surface area contributed by atoms with Gasteiger partial charge in [-0.3, -0.25) is 19.8 Å². The Kier molecular flexibility index (Phi) is 3.75. The highest BCUT2D eigenvalue weighted by atomic mass is 32.1. The van der Waals surface area contributed by atoms with Crippen LogP contribution in [0, 0.1) is 18.8 Å². The Bertz CT molecular complexity index is 592. The summed E-state index contributed by atoms with van der Waals surface area (Å²) in [4.78, 5) is 42.7. The van der Waals surface area contributed by atoms with Crippen molar-refractivity contribution in [2.75, 3.05) is 0 Å². The van der Waals surface area contributed by atoms with Crippen LogP contribution in [0.25, 0.3) is 0 Å². The molecule has 0 bridgehead atoms. The van der Waals surface area contributed by atoms with Gasteiger partial charge in [0.1, 0.15) is 5.92 Å². The molecule has 1 aromatic heterocycles. The molecule has 112 valence electrons. The van der Waals surface area contributed by atoms with E-state index >= 15 is 0 Å². The van der Waals surface area contributed by atoms with Crippen LogP contribution < -0.4 is 5.32 Å². The zero-order valence-electron chi connectivity index (χ0n) is 11.8. The molecule has 0 aromatic carbocycles. The van der Waals surface area contributed by atoms with Gasteiger partial charge in [0.25, 0.3) is 0 Å². The molecule has 0 radical (unpaired) electrons. The molecule has 1 saturated heterocycles. The van der Waals surface area contributed by atoms with Crippen molar-refractivity contribution in [3.05, 3.63) is 16.1 Å². The minimum absolute atomic E-state index is 0.0660. The maximum absolute atomic E-state index is 12.6. The van der Waals surface area contributed by atoms with Crippen molar-refractivity contribution in [1.82, 2.24) is 15.2 Å². The maximum atomic E-state index is 12.6. The molecule has 6 nitrogen and oxygen atoms in total. The first-order valence-corrected chi connectivity index (χ1v) is 7.95. The van der Waals surface area contributed by atoms with E-state index in [-0.39, 0.29) is 18.4 Å². The number of rotatable bonds is 3. The zero-order chi connectivity index (χ0) is 15.0. The molecule has 1 saturated carbocycles. The second kappa shape index (κ2) is 5.55. The van der Waals surface area contributed by atoms with E-state index in [1.54, 1.807) is 6.20 Å². The molecule has 1 aliphatic heterocycles. The van der Waals surface area contributed by atoms with E-state index < -0.39 is 17.9 Å². The number of hydrogen-bond donors (Lipinski definition) is 1. The lowest BCUT2D eigenvalue weighted by atomic mass is 9.87. The Hall–Kier alpha value is -1.76. The molecule has 7 heteroatoms. The van der Waals surface area contributed by atoms with Gasteiger partial charge in [0.05, 0.1) is 11.6 Å². The molecule has 1 unspecified atom stereocenters. The fourth-order valence-corrected chi connectivity index (χ4v) is 3.91. The number of urea groups is 1. The Balaban J connectivity index is 1.80. The third-order valence-electron chi connectivity index (χ3n) is 4.14. The summed E-state index contributed by atoms with van der Waals surface area (Å²) in [6.07, 6.45) is 5.52. The third-order valence-corrected chi connectivity index (χ3v) is 5.04. The van der Waals surface area contributed by atoms with Crippen molar-refractivity contribution in [2.45, 2.75) is 39.2 Å². The summed E-state index contributed by atoms with van der Waals surface area (Å²) in [6.45, 7) is 2.06. The van der Waals surface area contributed by atoms with Crippen LogP contribution in [-0.4, -0.2) is 27.7 Å². The number of nitrogens with one attached hydrogen (secondary N) is 1. The third kappa shape index (κ3) is 2.70. The van der Waals surface area contributed by atoms with Gasteiger partial charge in [-0.15, -0.1) is 11.3 Å². The van der Waals surface area contributed by atoms with Gasteiger partial charge in [0, 0.05) is 11.1 Å². The van der Waals surface area contributed by atoms with Crippen LogP contribution in [-0.2, 0) is 16.1 Å². The molecule has 1 aromatic rings. The summed E-state index contributed by atoms with van der Waals surface area (Å²) in [5.41, 5.74) is 0. The van der Waals surface area contributed by atoms with E-state index in [9.17, 15) is 14.4 Å². The number of barbiturate groups is 1. The summed E-state index contributed by atoms with van der Waals surface area (Å²) in [5, 5.41) is 3.21. The average molecular weight is 307 g/mol. The van der Waals surface area contributed by atoms with Crippen LogP contribution in [0.2, 0.25) is 0 Å². The fourth-order valence-electron chi connectivity index (χ4n) is 3.12. The molecular weight excluding hydrogens is 290 g/mol. The van der Waals surface area contributed by atoms with Crippen LogP contribution in [0.5, 0.6) is 0 Å². The first-order chi connectivity index (χ1) is 10.1. The SMILES string of the molecule is Cc1ncc(CN2C(=O)NC(=O)C(C3CCCC3)C2=O)s1. The minimum Gasteiger partial charge on any atom is -0.277 e. The van der Waals surface area contributed by atoms with Gasteiger partial charge in [-0.1, -0.05) is 12.8 Å². The van der Waals surface area contributed by atoms with E-state index in [4.69, 9.17) is 0 Å². The molecule has 21 heavy (non-hydrogen) atoms. The Labute approximate surface area is 126 Å². The second-order valence-corrected chi connectivity index (χ2v) is 6.91. The largest absolute Gasteiger partial charge is 0.331 e. The van der Waals surface area contributed by atoms with E-state index in [1.807, 2.05) is 6.92 Å². The number of amides is 4. The number of nitrogens with zero attached hydrogens (tertiary/aromatic N) is 2. The maximum Gasteiger partial charge on any atom is 0.331 e. The van der Waals surface area contributed by atoms with Crippen LogP contribution in [0.4, 0.5) is 4.79 Å². The van der Waals surface area contributed by atoms with Crippen molar-refractivity contribution < 1.29 is 14.4 Å². The van der Waals surface area contributed by atoms with Gasteiger partial charge in [-0.25, -0.2) is 9.78 Å². The first-order valence-electron chi connectivity index (χ1n) is 7.14. The fraction of sp³-hybridized carbons (Fsp3) is 0.571. The number of thiazole rings is 1. The summed E-state index contributed by atoms with van der Waals surface area (Å²) >= 11 is 1.45. The Morgan fingerprint density at radius 1 is 1.33 bits per heavy atom. The van der Waals surface area contributed by atoms with Crippen LogP contribution in [0.3, 0.4) is 0 Å². The van der Waals surface area contributed by atoms with E-state index in [2.05, 4.69) is 10.3 Å². The quantitative estimate of drug-likeness (QED) is 0.864. The Morgan fingerprint density at radius 2 is 2.05 bits per heavy atom. The highest BCUT2D eigenvalue weighted by Gasteiger charge is 2.45. The molecule has 4 amide bonds. The predicted molar refractivity (Wildman–Crippen MR) is 76.4 cm³/mol. The molecule has 1 aliphatic carbocycles. The second-order valence-electron chi connectivity index (χ2n) is 5.59. The molecule has 0 spiro atoms. The number of aryl methyl sites for hydroxylation is 1. The zero-order valence-corrected chi connectivity index (χ0v) is 12.6. The van der Waals surface area contributed by atoms with Crippen molar-refractivity contribution in [2.24, 2.45) is 11.8 Å². The molecule has 2 aliphatic rings. The van der Waals surface area contributed by atoms with Crippen molar-refractivity contribution in [3.8, 4) is 0 Å². The summed E-state index contributed by atoms with van der Waals surface area (Å²) in [6, 6.07) is -0.620. The van der Waals surface area contributed by atoms with Crippen LogP contribution >= 0.6 is 11.3 Å². The normalized spacial score (nSPS) is 23.8. The molecule has 2 fully saturated rings. The van der Waals surface area contributed by atoms with Gasteiger partial charge in [0.2, 0.25) is 11.8 Å². The van der Waals surface area contributed by atoms with Crippen molar-refractivity contribution in [1.29, 1.82) is 0 Å². The summed E-state index contributed by atoms with van der Waals surface area (Å²) < 4.78 is 0. The summed E-state index contributed by atoms with van der Waals surface area (Å²) in [7, 11) is 0. The number of aromatic nitrogens is 1. The lowest BCUT2D eigenvalue weighted by Crippen LogP contribution is -2.58. The highest BCUT2D eigenvalue weighted by Crippen LogP contribution is 2.34. The van der Waals surface area contributed by atoms with Crippen LogP contribution in [0.15, 0.2) is 6.20 Å². The average Bonchev–Trinajstić information content (AvgIpc) is 3.06. The van der Waals surface area contributed by atoms with Crippen molar-refractivity contribution >= 4 is 29.2 Å². The van der Waals surface area contributed by atoms with Gasteiger partial charge < -0.3 is 0 Å². The molecule has 2 heterocycles. The molecule has 1 N–H and O–H groups in total.